The van der Waals surface area contributed by atoms with E-state index in [1.54, 1.807) is 6.07 Å². The van der Waals surface area contributed by atoms with Crippen molar-refractivity contribution >= 4 is 5.91 Å². The topological polar surface area (TPSA) is 58.6 Å². The lowest BCUT2D eigenvalue weighted by atomic mass is 9.79. The molecule has 0 aliphatic carbocycles. The summed E-state index contributed by atoms with van der Waals surface area (Å²) in [6.45, 7) is 4.55. The van der Waals surface area contributed by atoms with Crippen LogP contribution in [0.3, 0.4) is 0 Å². The maximum absolute atomic E-state index is 13.8. The molecule has 21 heavy (non-hydrogen) atoms. The van der Waals surface area contributed by atoms with Gasteiger partial charge in [-0.2, -0.15) is 0 Å². The van der Waals surface area contributed by atoms with Gasteiger partial charge in [0, 0.05) is 19.2 Å². The van der Waals surface area contributed by atoms with Gasteiger partial charge in [0.15, 0.2) is 0 Å². The molecule has 1 aromatic rings. The summed E-state index contributed by atoms with van der Waals surface area (Å²) in [4.78, 5) is 12.1. The molecule has 5 heteroatoms. The summed E-state index contributed by atoms with van der Waals surface area (Å²) < 4.78 is 18.7. The van der Waals surface area contributed by atoms with Gasteiger partial charge in [-0.25, -0.2) is 4.39 Å². The summed E-state index contributed by atoms with van der Waals surface area (Å²) in [7, 11) is 1.44. The predicted octanol–water partition coefficient (Wildman–Crippen LogP) is 2.75. The highest BCUT2D eigenvalue weighted by atomic mass is 19.1. The summed E-state index contributed by atoms with van der Waals surface area (Å²) in [5.74, 6) is -0.673. The minimum Gasteiger partial charge on any atom is -0.497 e. The number of rotatable bonds is 8. The fourth-order valence-electron chi connectivity index (χ4n) is 2.35. The van der Waals surface area contributed by atoms with Gasteiger partial charge in [0.25, 0.3) is 5.91 Å². The van der Waals surface area contributed by atoms with Crippen LogP contribution in [0.5, 0.6) is 5.75 Å². The van der Waals surface area contributed by atoms with E-state index in [0.29, 0.717) is 18.7 Å². The molecule has 0 fully saturated rings. The van der Waals surface area contributed by atoms with Crippen molar-refractivity contribution in [1.29, 1.82) is 0 Å². The smallest absolute Gasteiger partial charge is 0.254 e. The second-order valence-corrected chi connectivity index (χ2v) is 5.21. The average molecular weight is 297 g/mol. The van der Waals surface area contributed by atoms with E-state index in [9.17, 15) is 9.18 Å². The van der Waals surface area contributed by atoms with Gasteiger partial charge in [-0.15, -0.1) is 0 Å². The van der Waals surface area contributed by atoms with Gasteiger partial charge >= 0.3 is 0 Å². The first-order chi connectivity index (χ1) is 10.0. The molecule has 0 unspecified atom stereocenters. The summed E-state index contributed by atoms with van der Waals surface area (Å²) in [6, 6.07) is 4.16. The Morgan fingerprint density at radius 2 is 2.05 bits per heavy atom. The quantitative estimate of drug-likeness (QED) is 0.775. The zero-order chi connectivity index (χ0) is 15.9. The molecule has 1 rings (SSSR count). The van der Waals surface area contributed by atoms with E-state index >= 15 is 0 Å². The van der Waals surface area contributed by atoms with Crippen LogP contribution in [-0.4, -0.2) is 31.3 Å². The normalized spacial score (nSPS) is 11.3. The van der Waals surface area contributed by atoms with Gasteiger partial charge in [0.05, 0.1) is 12.7 Å². The number of aliphatic hydroxyl groups excluding tert-OH is 1. The van der Waals surface area contributed by atoms with Crippen molar-refractivity contribution in [2.75, 3.05) is 20.3 Å². The second-order valence-electron chi connectivity index (χ2n) is 5.21. The molecule has 0 aliphatic rings. The molecular formula is C16H24FNO3. The Balaban J connectivity index is 2.77. The third-order valence-corrected chi connectivity index (χ3v) is 4.19. The lowest BCUT2D eigenvalue weighted by Gasteiger charge is -2.31. The lowest BCUT2D eigenvalue weighted by molar-refractivity contribution is 0.0903. The predicted molar refractivity (Wildman–Crippen MR) is 80.0 cm³/mol. The number of carbonyl (C=O) groups excluding carboxylic acids is 1. The minimum atomic E-state index is -0.604. The Labute approximate surface area is 125 Å². The van der Waals surface area contributed by atoms with Crippen LogP contribution in [0.25, 0.3) is 0 Å². The van der Waals surface area contributed by atoms with Gasteiger partial charge in [0.1, 0.15) is 11.6 Å². The van der Waals surface area contributed by atoms with E-state index in [2.05, 4.69) is 5.32 Å². The number of ether oxygens (including phenoxy) is 1. The number of benzene rings is 1. The largest absolute Gasteiger partial charge is 0.497 e. The van der Waals surface area contributed by atoms with Crippen LogP contribution in [-0.2, 0) is 0 Å². The first-order valence-corrected chi connectivity index (χ1v) is 7.24. The number of carbonyl (C=O) groups is 1. The SMILES string of the molecule is CCC(CC)(CCO)CNC(=O)c1ccc(OC)cc1F. The monoisotopic (exact) mass is 297 g/mol. The van der Waals surface area contributed by atoms with E-state index < -0.39 is 11.7 Å². The van der Waals surface area contributed by atoms with Crippen molar-refractivity contribution in [2.24, 2.45) is 5.41 Å². The minimum absolute atomic E-state index is 0.000838. The number of hydrogen-bond acceptors (Lipinski definition) is 3. The maximum atomic E-state index is 13.8. The van der Waals surface area contributed by atoms with Crippen LogP contribution in [0, 0.1) is 11.2 Å². The van der Waals surface area contributed by atoms with Crippen LogP contribution >= 0.6 is 0 Å². The first kappa shape index (κ1) is 17.4. The van der Waals surface area contributed by atoms with Gasteiger partial charge < -0.3 is 15.2 Å². The molecule has 0 heterocycles. The molecule has 1 amide bonds. The standard InChI is InChI=1S/C16H24FNO3/c1-4-16(5-2,8-9-19)11-18-15(20)13-7-6-12(21-3)10-14(13)17/h6-7,10,19H,4-5,8-9,11H2,1-3H3,(H,18,20). The summed E-state index contributed by atoms with van der Waals surface area (Å²) in [6.07, 6.45) is 2.30. The van der Waals surface area contributed by atoms with Crippen molar-refractivity contribution < 1.29 is 19.0 Å². The van der Waals surface area contributed by atoms with Gasteiger partial charge in [-0.05, 0) is 36.8 Å². The molecule has 0 saturated carbocycles. The molecule has 0 spiro atoms. The fourth-order valence-corrected chi connectivity index (χ4v) is 2.35. The molecule has 0 saturated heterocycles. The molecule has 0 aromatic heterocycles. The third-order valence-electron chi connectivity index (χ3n) is 4.19. The number of hydrogen-bond donors (Lipinski definition) is 2. The van der Waals surface area contributed by atoms with Crippen molar-refractivity contribution in [2.45, 2.75) is 33.1 Å². The van der Waals surface area contributed by atoms with Gasteiger partial charge in [-0.3, -0.25) is 4.79 Å². The van der Waals surface area contributed by atoms with Crippen molar-refractivity contribution in [3.8, 4) is 5.75 Å². The Bertz CT molecular complexity index is 473. The molecular weight excluding hydrogens is 273 g/mol. The number of methoxy groups -OCH3 is 1. The summed E-state index contributed by atoms with van der Waals surface area (Å²) >= 11 is 0. The molecule has 1 aromatic carbocycles. The Kier molecular flexibility index (Phi) is 6.62. The van der Waals surface area contributed by atoms with Crippen molar-refractivity contribution in [1.82, 2.24) is 5.32 Å². The molecule has 118 valence electrons. The first-order valence-electron chi connectivity index (χ1n) is 7.24. The fraction of sp³-hybridized carbons (Fsp3) is 0.562. The third kappa shape index (κ3) is 4.43. The molecule has 0 aliphatic heterocycles. The average Bonchev–Trinajstić information content (AvgIpc) is 2.51. The highest BCUT2D eigenvalue weighted by molar-refractivity contribution is 5.94. The van der Waals surface area contributed by atoms with E-state index in [1.165, 1.54) is 19.2 Å². The Hall–Kier alpha value is -1.62. The van der Waals surface area contributed by atoms with E-state index in [4.69, 9.17) is 9.84 Å². The zero-order valence-corrected chi connectivity index (χ0v) is 12.9. The molecule has 0 bridgehead atoms. The highest BCUT2D eigenvalue weighted by Gasteiger charge is 2.26. The van der Waals surface area contributed by atoms with Gasteiger partial charge in [-0.1, -0.05) is 13.8 Å². The number of aliphatic hydroxyl groups is 1. The van der Waals surface area contributed by atoms with Crippen molar-refractivity contribution in [3.63, 3.8) is 0 Å². The van der Waals surface area contributed by atoms with E-state index in [0.717, 1.165) is 12.8 Å². The Morgan fingerprint density at radius 3 is 2.52 bits per heavy atom. The van der Waals surface area contributed by atoms with Crippen LogP contribution in [0.15, 0.2) is 18.2 Å². The summed E-state index contributed by atoms with van der Waals surface area (Å²) in [5.41, 5.74) is -0.145. The number of amides is 1. The number of halogens is 1. The maximum Gasteiger partial charge on any atom is 0.254 e. The molecule has 0 radical (unpaired) electrons. The van der Waals surface area contributed by atoms with E-state index in [1.807, 2.05) is 13.8 Å². The van der Waals surface area contributed by atoms with Crippen LogP contribution in [0.4, 0.5) is 4.39 Å². The molecule has 2 N–H and O–H groups in total. The van der Waals surface area contributed by atoms with Gasteiger partial charge in [0.2, 0.25) is 0 Å². The molecule has 4 nitrogen and oxygen atoms in total. The van der Waals surface area contributed by atoms with Crippen LogP contribution in [0.1, 0.15) is 43.5 Å². The zero-order valence-electron chi connectivity index (χ0n) is 12.9. The van der Waals surface area contributed by atoms with Crippen molar-refractivity contribution in [3.05, 3.63) is 29.6 Å². The molecule has 0 atom stereocenters. The highest BCUT2D eigenvalue weighted by Crippen LogP contribution is 2.29. The van der Waals surface area contributed by atoms with Crippen LogP contribution in [0.2, 0.25) is 0 Å². The van der Waals surface area contributed by atoms with E-state index in [-0.39, 0.29) is 17.6 Å². The number of nitrogens with one attached hydrogen (secondary N) is 1. The Morgan fingerprint density at radius 1 is 1.38 bits per heavy atom. The van der Waals surface area contributed by atoms with Crippen LogP contribution < -0.4 is 10.1 Å². The second kappa shape index (κ2) is 7.98. The summed E-state index contributed by atoms with van der Waals surface area (Å²) in [5, 5.41) is 11.9. The lowest BCUT2D eigenvalue weighted by Crippen LogP contribution is -2.38.